The molecule has 4 heteroatoms. The van der Waals surface area contributed by atoms with Crippen LogP contribution in [0, 0.1) is 11.7 Å². The van der Waals surface area contributed by atoms with Gasteiger partial charge in [-0.15, -0.1) is 0 Å². The number of hydrogen-bond donors (Lipinski definition) is 2. The van der Waals surface area contributed by atoms with Crippen molar-refractivity contribution in [3.8, 4) is 0 Å². The number of rotatable bonds is 5. The van der Waals surface area contributed by atoms with Gasteiger partial charge in [-0.1, -0.05) is 12.1 Å². The molecule has 1 amide bonds. The predicted octanol–water partition coefficient (Wildman–Crippen LogP) is 1.71. The highest BCUT2D eigenvalue weighted by atomic mass is 19.1. The van der Waals surface area contributed by atoms with Crippen molar-refractivity contribution in [2.45, 2.75) is 37.1 Å². The highest BCUT2D eigenvalue weighted by Gasteiger charge is 2.52. The van der Waals surface area contributed by atoms with Crippen LogP contribution in [-0.2, 0) is 10.2 Å². The molecule has 0 spiro atoms. The van der Waals surface area contributed by atoms with Crippen LogP contribution in [0.1, 0.15) is 31.2 Å². The van der Waals surface area contributed by atoms with Gasteiger partial charge in [0.25, 0.3) is 0 Å². The van der Waals surface area contributed by atoms with Crippen molar-refractivity contribution < 1.29 is 9.18 Å². The molecular weight excluding hydrogens is 243 g/mol. The zero-order chi connectivity index (χ0) is 13.5. The Morgan fingerprint density at radius 3 is 2.47 bits per heavy atom. The number of halogens is 1. The Morgan fingerprint density at radius 2 is 2.00 bits per heavy atom. The smallest absolute Gasteiger partial charge is 0.230 e. The van der Waals surface area contributed by atoms with Gasteiger partial charge in [-0.05, 0) is 49.3 Å². The number of amides is 1. The Morgan fingerprint density at radius 1 is 1.37 bits per heavy atom. The maximum Gasteiger partial charge on any atom is 0.230 e. The lowest BCUT2D eigenvalue weighted by molar-refractivity contribution is -0.124. The average molecular weight is 262 g/mol. The van der Waals surface area contributed by atoms with Crippen molar-refractivity contribution in [2.24, 2.45) is 11.7 Å². The average Bonchev–Trinajstić information content (AvgIpc) is 3.29. The molecule has 0 aromatic heterocycles. The molecule has 3 N–H and O–H groups in total. The Labute approximate surface area is 112 Å². The van der Waals surface area contributed by atoms with Gasteiger partial charge >= 0.3 is 0 Å². The van der Waals surface area contributed by atoms with Crippen LogP contribution < -0.4 is 11.1 Å². The third-order valence-corrected chi connectivity index (χ3v) is 4.34. The minimum absolute atomic E-state index is 0.0569. The normalized spacial score (nSPS) is 21.8. The van der Waals surface area contributed by atoms with Gasteiger partial charge < -0.3 is 11.1 Å². The maximum absolute atomic E-state index is 13.0. The van der Waals surface area contributed by atoms with E-state index in [1.807, 2.05) is 0 Å². The molecule has 1 aromatic rings. The van der Waals surface area contributed by atoms with Crippen molar-refractivity contribution in [2.75, 3.05) is 6.54 Å². The van der Waals surface area contributed by atoms with Crippen LogP contribution in [0.5, 0.6) is 0 Å². The molecule has 0 heterocycles. The molecule has 2 aliphatic carbocycles. The lowest BCUT2D eigenvalue weighted by Gasteiger charge is -2.21. The van der Waals surface area contributed by atoms with Crippen molar-refractivity contribution >= 4 is 5.91 Å². The highest BCUT2D eigenvalue weighted by molar-refractivity contribution is 5.91. The standard InChI is InChI=1S/C15H19FN2O/c16-12-5-3-11(4-6-12)15(7-8-15)14(19)18-13(9-17)10-1-2-10/h3-6,10,13H,1-2,7-9,17H2,(H,18,19). The lowest BCUT2D eigenvalue weighted by atomic mass is 9.94. The fourth-order valence-corrected chi connectivity index (χ4v) is 2.72. The van der Waals surface area contributed by atoms with Crippen molar-refractivity contribution in [1.82, 2.24) is 5.32 Å². The van der Waals surface area contributed by atoms with Crippen LogP contribution in [0.4, 0.5) is 4.39 Å². The van der Waals surface area contributed by atoms with Gasteiger partial charge in [0.1, 0.15) is 5.82 Å². The molecule has 102 valence electrons. The van der Waals surface area contributed by atoms with Crippen LogP contribution in [0.2, 0.25) is 0 Å². The van der Waals surface area contributed by atoms with Crippen molar-refractivity contribution in [3.63, 3.8) is 0 Å². The third kappa shape index (κ3) is 2.37. The molecule has 19 heavy (non-hydrogen) atoms. The first-order chi connectivity index (χ1) is 9.15. The number of nitrogens with two attached hydrogens (primary N) is 1. The third-order valence-electron chi connectivity index (χ3n) is 4.34. The SMILES string of the molecule is NCC(NC(=O)C1(c2ccc(F)cc2)CC1)C1CC1. The zero-order valence-electron chi connectivity index (χ0n) is 10.9. The summed E-state index contributed by atoms with van der Waals surface area (Å²) in [6.45, 7) is 0.496. The van der Waals surface area contributed by atoms with Crippen LogP contribution in [0.3, 0.4) is 0 Å². The number of carbonyl (C=O) groups is 1. The second-order valence-electron chi connectivity index (χ2n) is 5.74. The fraction of sp³-hybridized carbons (Fsp3) is 0.533. The molecule has 1 unspecified atom stereocenters. The molecule has 1 atom stereocenters. The lowest BCUT2D eigenvalue weighted by Crippen LogP contribution is -2.46. The second-order valence-corrected chi connectivity index (χ2v) is 5.74. The van der Waals surface area contributed by atoms with Gasteiger partial charge in [-0.25, -0.2) is 4.39 Å². The Hall–Kier alpha value is -1.42. The predicted molar refractivity (Wildman–Crippen MR) is 71.0 cm³/mol. The van der Waals surface area contributed by atoms with E-state index in [0.29, 0.717) is 12.5 Å². The van der Waals surface area contributed by atoms with Gasteiger partial charge in [0, 0.05) is 12.6 Å². The van der Waals surface area contributed by atoms with E-state index in [1.54, 1.807) is 12.1 Å². The summed E-state index contributed by atoms with van der Waals surface area (Å²) in [6, 6.07) is 6.38. The molecule has 2 fully saturated rings. The van der Waals surface area contributed by atoms with Gasteiger partial charge in [-0.2, -0.15) is 0 Å². The molecule has 0 saturated heterocycles. The van der Waals surface area contributed by atoms with E-state index >= 15 is 0 Å². The maximum atomic E-state index is 13.0. The van der Waals surface area contributed by atoms with E-state index in [4.69, 9.17) is 5.73 Å². The fourth-order valence-electron chi connectivity index (χ4n) is 2.72. The van der Waals surface area contributed by atoms with E-state index in [0.717, 1.165) is 31.2 Å². The number of nitrogens with one attached hydrogen (secondary N) is 1. The van der Waals surface area contributed by atoms with Gasteiger partial charge in [0.2, 0.25) is 5.91 Å². The summed E-state index contributed by atoms with van der Waals surface area (Å²) >= 11 is 0. The molecule has 2 saturated carbocycles. The summed E-state index contributed by atoms with van der Waals surface area (Å²) in [5.41, 5.74) is 6.20. The number of carbonyl (C=O) groups excluding carboxylic acids is 1. The molecule has 0 radical (unpaired) electrons. The topological polar surface area (TPSA) is 55.1 Å². The monoisotopic (exact) mass is 262 g/mol. The summed E-state index contributed by atoms with van der Waals surface area (Å²) in [4.78, 5) is 12.5. The first-order valence-electron chi connectivity index (χ1n) is 6.93. The molecule has 3 rings (SSSR count). The number of hydrogen-bond acceptors (Lipinski definition) is 2. The zero-order valence-corrected chi connectivity index (χ0v) is 10.9. The minimum Gasteiger partial charge on any atom is -0.351 e. The van der Waals surface area contributed by atoms with Crippen LogP contribution in [-0.4, -0.2) is 18.5 Å². The summed E-state index contributed by atoms with van der Waals surface area (Å²) in [7, 11) is 0. The van der Waals surface area contributed by atoms with E-state index in [1.165, 1.54) is 12.1 Å². The van der Waals surface area contributed by atoms with E-state index in [-0.39, 0.29) is 17.8 Å². The van der Waals surface area contributed by atoms with Gasteiger partial charge in [0.15, 0.2) is 0 Å². The Bertz CT molecular complexity index is 477. The van der Waals surface area contributed by atoms with E-state index < -0.39 is 5.41 Å². The van der Waals surface area contributed by atoms with E-state index in [2.05, 4.69) is 5.32 Å². The Balaban J connectivity index is 1.73. The van der Waals surface area contributed by atoms with Crippen molar-refractivity contribution in [3.05, 3.63) is 35.6 Å². The van der Waals surface area contributed by atoms with E-state index in [9.17, 15) is 9.18 Å². The van der Waals surface area contributed by atoms with Gasteiger partial charge in [-0.3, -0.25) is 4.79 Å². The molecule has 2 aliphatic rings. The molecule has 3 nitrogen and oxygen atoms in total. The van der Waals surface area contributed by atoms with Gasteiger partial charge in [0.05, 0.1) is 5.41 Å². The first-order valence-corrected chi connectivity index (χ1v) is 6.93. The highest BCUT2D eigenvalue weighted by Crippen LogP contribution is 2.48. The molecular formula is C15H19FN2O. The Kier molecular flexibility index (Phi) is 3.05. The van der Waals surface area contributed by atoms with Crippen molar-refractivity contribution in [1.29, 1.82) is 0 Å². The quantitative estimate of drug-likeness (QED) is 0.848. The summed E-state index contributed by atoms with van der Waals surface area (Å²) in [5.74, 6) is 0.345. The van der Waals surface area contributed by atoms with Crippen LogP contribution in [0.15, 0.2) is 24.3 Å². The minimum atomic E-state index is -0.435. The van der Waals surface area contributed by atoms with Crippen LogP contribution >= 0.6 is 0 Å². The summed E-state index contributed by atoms with van der Waals surface area (Å²) in [5, 5.41) is 3.09. The van der Waals surface area contributed by atoms with Crippen LogP contribution in [0.25, 0.3) is 0 Å². The largest absolute Gasteiger partial charge is 0.351 e. The molecule has 0 bridgehead atoms. The molecule has 0 aliphatic heterocycles. The summed E-state index contributed by atoms with van der Waals surface area (Å²) in [6.07, 6.45) is 4.00. The first kappa shape index (κ1) is 12.6. The molecule has 1 aromatic carbocycles. The second kappa shape index (κ2) is 4.60. The summed E-state index contributed by atoms with van der Waals surface area (Å²) < 4.78 is 13.0. The number of benzene rings is 1.